The number of hydrogen-bond acceptors (Lipinski definition) is 4. The van der Waals surface area contributed by atoms with Crippen LogP contribution in [0.1, 0.15) is 12.8 Å². The minimum Gasteiger partial charge on any atom is -0.481 e. The van der Waals surface area contributed by atoms with Gasteiger partial charge in [-0.05, 0) is 37.1 Å². The Bertz CT molecular complexity index is 397. The summed E-state index contributed by atoms with van der Waals surface area (Å²) in [5, 5.41) is 8.95. The summed E-state index contributed by atoms with van der Waals surface area (Å²) in [6.07, 6.45) is 1.43. The first kappa shape index (κ1) is 12.7. The lowest BCUT2D eigenvalue weighted by Gasteiger charge is -2.32. The van der Waals surface area contributed by atoms with Gasteiger partial charge >= 0.3 is 5.97 Å². The van der Waals surface area contributed by atoms with Gasteiger partial charge in [0.05, 0.1) is 18.7 Å². The molecule has 0 spiro atoms. The number of rotatable bonds is 4. The van der Waals surface area contributed by atoms with Crippen molar-refractivity contribution in [2.75, 3.05) is 30.6 Å². The molecule has 1 aromatic rings. The highest BCUT2D eigenvalue weighted by molar-refractivity contribution is 5.70. The zero-order valence-electron chi connectivity index (χ0n) is 10.4. The van der Waals surface area contributed by atoms with Crippen molar-refractivity contribution in [3.63, 3.8) is 0 Å². The average Bonchev–Trinajstić information content (AvgIpc) is 2.40. The number of carboxylic acids is 1. The van der Waals surface area contributed by atoms with Crippen LogP contribution in [0, 0.1) is 5.92 Å². The number of nitrogens with zero attached hydrogens (tertiary/aromatic N) is 1. The number of piperidine rings is 1. The molecule has 5 nitrogen and oxygen atoms in total. The normalized spacial score (nSPS) is 16.6. The fraction of sp³-hybridized carbons (Fsp3) is 0.462. The Balaban J connectivity index is 1.95. The number of nitrogens with one attached hydrogen (secondary N) is 1. The molecule has 1 aliphatic rings. The zero-order chi connectivity index (χ0) is 13.0. The van der Waals surface area contributed by atoms with Crippen LogP contribution in [-0.4, -0.2) is 31.3 Å². The third-order valence-electron chi connectivity index (χ3n) is 3.30. The van der Waals surface area contributed by atoms with Gasteiger partial charge < -0.3 is 10.0 Å². The van der Waals surface area contributed by atoms with Gasteiger partial charge in [0, 0.05) is 18.8 Å². The first-order valence-corrected chi connectivity index (χ1v) is 6.07. The van der Waals surface area contributed by atoms with Crippen LogP contribution >= 0.6 is 0 Å². The number of anilines is 2. The number of benzene rings is 1. The minimum absolute atomic E-state index is 0.185. The van der Waals surface area contributed by atoms with Crippen molar-refractivity contribution in [2.24, 2.45) is 5.92 Å². The standard InChI is InChI=1S/C13H18N2O3/c1-18-14-11-2-4-12(5-3-11)15-8-6-10(7-9-15)13(16)17/h2-5,10,14H,6-9H2,1H3,(H,16,17). The van der Waals surface area contributed by atoms with E-state index in [0.717, 1.165) is 24.5 Å². The highest BCUT2D eigenvalue weighted by atomic mass is 16.6. The summed E-state index contributed by atoms with van der Waals surface area (Å²) in [5.74, 6) is -0.857. The summed E-state index contributed by atoms with van der Waals surface area (Å²) in [5.41, 5.74) is 4.79. The molecule has 5 heteroatoms. The molecular formula is C13H18N2O3. The van der Waals surface area contributed by atoms with Gasteiger partial charge in [-0.2, -0.15) is 0 Å². The number of hydrogen-bond donors (Lipinski definition) is 2. The lowest BCUT2D eigenvalue weighted by Crippen LogP contribution is -2.36. The molecular weight excluding hydrogens is 232 g/mol. The van der Waals surface area contributed by atoms with E-state index in [1.54, 1.807) is 7.11 Å². The van der Waals surface area contributed by atoms with Gasteiger partial charge in [-0.25, -0.2) is 0 Å². The Morgan fingerprint density at radius 1 is 1.33 bits per heavy atom. The van der Waals surface area contributed by atoms with E-state index in [4.69, 9.17) is 9.94 Å². The lowest BCUT2D eigenvalue weighted by molar-refractivity contribution is -0.142. The molecule has 0 amide bonds. The lowest BCUT2D eigenvalue weighted by atomic mass is 9.97. The molecule has 18 heavy (non-hydrogen) atoms. The second kappa shape index (κ2) is 5.73. The fourth-order valence-electron chi connectivity index (χ4n) is 2.24. The maximum absolute atomic E-state index is 10.9. The van der Waals surface area contributed by atoms with Gasteiger partial charge in [-0.15, -0.1) is 0 Å². The molecule has 0 saturated carbocycles. The molecule has 0 aliphatic carbocycles. The molecule has 0 aromatic heterocycles. The van der Waals surface area contributed by atoms with E-state index in [0.29, 0.717) is 12.8 Å². The van der Waals surface area contributed by atoms with E-state index in [1.807, 2.05) is 24.3 Å². The molecule has 1 saturated heterocycles. The molecule has 98 valence electrons. The van der Waals surface area contributed by atoms with E-state index in [1.165, 1.54) is 0 Å². The highest BCUT2D eigenvalue weighted by Crippen LogP contribution is 2.24. The van der Waals surface area contributed by atoms with Crippen LogP contribution < -0.4 is 10.4 Å². The van der Waals surface area contributed by atoms with Gasteiger partial charge in [-0.1, -0.05) is 0 Å². The number of aliphatic carboxylic acids is 1. The van der Waals surface area contributed by atoms with Crippen LogP contribution in [-0.2, 0) is 9.63 Å². The highest BCUT2D eigenvalue weighted by Gasteiger charge is 2.24. The summed E-state index contributed by atoms with van der Waals surface area (Å²) in [4.78, 5) is 17.9. The monoisotopic (exact) mass is 250 g/mol. The Kier molecular flexibility index (Phi) is 4.04. The van der Waals surface area contributed by atoms with Crippen LogP contribution in [0.5, 0.6) is 0 Å². The molecule has 0 radical (unpaired) electrons. The third-order valence-corrected chi connectivity index (χ3v) is 3.30. The van der Waals surface area contributed by atoms with E-state index in [-0.39, 0.29) is 5.92 Å². The van der Waals surface area contributed by atoms with Crippen molar-refractivity contribution < 1.29 is 14.7 Å². The Morgan fingerprint density at radius 2 is 1.94 bits per heavy atom. The number of carboxylic acid groups (broad SMARTS) is 1. The van der Waals surface area contributed by atoms with E-state index in [9.17, 15) is 4.79 Å². The van der Waals surface area contributed by atoms with Crippen LogP contribution in [0.25, 0.3) is 0 Å². The molecule has 0 unspecified atom stereocenters. The van der Waals surface area contributed by atoms with Gasteiger partial charge in [0.15, 0.2) is 0 Å². The summed E-state index contributed by atoms with van der Waals surface area (Å²) in [6.45, 7) is 1.60. The van der Waals surface area contributed by atoms with Crippen molar-refractivity contribution in [3.8, 4) is 0 Å². The van der Waals surface area contributed by atoms with E-state index >= 15 is 0 Å². The third kappa shape index (κ3) is 2.92. The Labute approximate surface area is 106 Å². The Hall–Kier alpha value is -1.75. The SMILES string of the molecule is CONc1ccc(N2CCC(C(=O)O)CC2)cc1. The van der Waals surface area contributed by atoms with E-state index < -0.39 is 5.97 Å². The Morgan fingerprint density at radius 3 is 2.44 bits per heavy atom. The first-order valence-electron chi connectivity index (χ1n) is 6.07. The minimum atomic E-state index is -0.672. The fourth-order valence-corrected chi connectivity index (χ4v) is 2.24. The maximum Gasteiger partial charge on any atom is 0.306 e. The molecule has 1 aromatic carbocycles. The van der Waals surface area contributed by atoms with Gasteiger partial charge in [0.2, 0.25) is 0 Å². The second-order valence-electron chi connectivity index (χ2n) is 4.45. The van der Waals surface area contributed by atoms with Crippen molar-refractivity contribution in [2.45, 2.75) is 12.8 Å². The quantitative estimate of drug-likeness (QED) is 0.800. The summed E-state index contributed by atoms with van der Waals surface area (Å²) in [7, 11) is 1.57. The summed E-state index contributed by atoms with van der Waals surface area (Å²) < 4.78 is 0. The molecule has 2 N–H and O–H groups in total. The van der Waals surface area contributed by atoms with Crippen LogP contribution in [0.4, 0.5) is 11.4 Å². The van der Waals surface area contributed by atoms with Crippen LogP contribution in [0.2, 0.25) is 0 Å². The first-order chi connectivity index (χ1) is 8.70. The molecule has 1 fully saturated rings. The zero-order valence-corrected chi connectivity index (χ0v) is 10.4. The predicted octanol–water partition coefficient (Wildman–Crippen LogP) is 1.96. The van der Waals surface area contributed by atoms with E-state index in [2.05, 4.69) is 10.4 Å². The molecule has 0 atom stereocenters. The largest absolute Gasteiger partial charge is 0.481 e. The predicted molar refractivity (Wildman–Crippen MR) is 69.6 cm³/mol. The smallest absolute Gasteiger partial charge is 0.306 e. The van der Waals surface area contributed by atoms with Crippen molar-refractivity contribution in [1.29, 1.82) is 0 Å². The van der Waals surface area contributed by atoms with Crippen molar-refractivity contribution in [1.82, 2.24) is 0 Å². The second-order valence-corrected chi connectivity index (χ2v) is 4.45. The summed E-state index contributed by atoms with van der Waals surface area (Å²) in [6, 6.07) is 7.93. The molecule has 1 aliphatic heterocycles. The average molecular weight is 250 g/mol. The van der Waals surface area contributed by atoms with Crippen LogP contribution in [0.3, 0.4) is 0 Å². The van der Waals surface area contributed by atoms with Gasteiger partial charge in [0.1, 0.15) is 0 Å². The number of carbonyl (C=O) groups is 1. The van der Waals surface area contributed by atoms with Crippen LogP contribution in [0.15, 0.2) is 24.3 Å². The molecule has 2 rings (SSSR count). The summed E-state index contributed by atoms with van der Waals surface area (Å²) >= 11 is 0. The maximum atomic E-state index is 10.9. The van der Waals surface area contributed by atoms with Crippen molar-refractivity contribution >= 4 is 17.3 Å². The van der Waals surface area contributed by atoms with Gasteiger partial charge in [-0.3, -0.25) is 15.1 Å². The molecule has 0 bridgehead atoms. The van der Waals surface area contributed by atoms with Gasteiger partial charge in [0.25, 0.3) is 0 Å². The topological polar surface area (TPSA) is 61.8 Å². The van der Waals surface area contributed by atoms with Crippen molar-refractivity contribution in [3.05, 3.63) is 24.3 Å². The molecule has 1 heterocycles.